The Kier molecular flexibility index (Phi) is 8.85. The lowest BCUT2D eigenvalue weighted by Gasteiger charge is -2.41. The van der Waals surface area contributed by atoms with Crippen molar-refractivity contribution in [1.82, 2.24) is 14.3 Å². The molecule has 8 nitrogen and oxygen atoms in total. The van der Waals surface area contributed by atoms with E-state index in [0.29, 0.717) is 50.4 Å². The summed E-state index contributed by atoms with van der Waals surface area (Å²) >= 11 is 0. The van der Waals surface area contributed by atoms with Crippen molar-refractivity contribution >= 4 is 16.1 Å². The first-order valence-electron chi connectivity index (χ1n) is 11.1. The molecule has 33 heavy (non-hydrogen) atoms. The first kappa shape index (κ1) is 25.2. The molecule has 0 spiro atoms. The summed E-state index contributed by atoms with van der Waals surface area (Å²) in [4.78, 5) is 12.9. The lowest BCUT2D eigenvalue weighted by molar-refractivity contribution is 0.0889. The third-order valence-corrected chi connectivity index (χ3v) is 7.73. The van der Waals surface area contributed by atoms with Crippen molar-refractivity contribution in [3.8, 4) is 5.75 Å². The van der Waals surface area contributed by atoms with Gasteiger partial charge in [-0.25, -0.2) is 0 Å². The zero-order chi connectivity index (χ0) is 23.7. The minimum absolute atomic E-state index is 0.198. The van der Waals surface area contributed by atoms with E-state index in [1.807, 2.05) is 24.3 Å². The van der Waals surface area contributed by atoms with E-state index in [-0.39, 0.29) is 17.9 Å². The Labute approximate surface area is 196 Å². The van der Waals surface area contributed by atoms with Crippen molar-refractivity contribution in [1.29, 1.82) is 0 Å². The highest BCUT2D eigenvalue weighted by atomic mass is 32.2. The highest BCUT2D eigenvalue weighted by Crippen LogP contribution is 2.35. The van der Waals surface area contributed by atoms with Gasteiger partial charge in [0.25, 0.3) is 16.1 Å². The number of carbonyl (C=O) groups excluding carboxylic acids is 1. The standard InChI is InChI=1S/C24H33N3O5S/c1-31-17-14-26-33(29,30)27-15-12-24(13-16-27,18-20-8-4-3-5-9-20)19-25-23(28)21-10-6-7-11-22(21)32-2/h3-11,26H,12-19H2,1-2H3,(H,25,28). The number of rotatable bonds is 11. The second kappa shape index (κ2) is 11.6. The fraction of sp³-hybridized carbons (Fsp3) is 0.458. The third-order valence-electron chi connectivity index (χ3n) is 6.11. The number of carbonyl (C=O) groups is 1. The van der Waals surface area contributed by atoms with Gasteiger partial charge in [0.2, 0.25) is 0 Å². The molecule has 2 aromatic rings. The van der Waals surface area contributed by atoms with Crippen molar-refractivity contribution in [3.63, 3.8) is 0 Å². The highest BCUT2D eigenvalue weighted by Gasteiger charge is 2.38. The number of nitrogens with zero attached hydrogens (tertiary/aromatic N) is 1. The summed E-state index contributed by atoms with van der Waals surface area (Å²) in [5.41, 5.74) is 1.40. The van der Waals surface area contributed by atoms with Crippen LogP contribution in [0.4, 0.5) is 0 Å². The molecule has 2 aromatic carbocycles. The summed E-state index contributed by atoms with van der Waals surface area (Å²) < 4.78 is 39.6. The maximum Gasteiger partial charge on any atom is 0.279 e. The van der Waals surface area contributed by atoms with Crippen LogP contribution in [-0.2, 0) is 21.4 Å². The number of para-hydroxylation sites is 1. The van der Waals surface area contributed by atoms with E-state index in [2.05, 4.69) is 22.2 Å². The van der Waals surface area contributed by atoms with Crippen LogP contribution >= 0.6 is 0 Å². The summed E-state index contributed by atoms with van der Waals surface area (Å²) in [7, 11) is -0.487. The smallest absolute Gasteiger partial charge is 0.279 e. The Morgan fingerprint density at radius 3 is 2.36 bits per heavy atom. The monoisotopic (exact) mass is 475 g/mol. The molecular formula is C24H33N3O5S. The fourth-order valence-electron chi connectivity index (χ4n) is 4.21. The van der Waals surface area contributed by atoms with Gasteiger partial charge < -0.3 is 14.8 Å². The van der Waals surface area contributed by atoms with Gasteiger partial charge in [0, 0.05) is 33.3 Å². The van der Waals surface area contributed by atoms with Crippen LogP contribution in [0.1, 0.15) is 28.8 Å². The summed E-state index contributed by atoms with van der Waals surface area (Å²) in [6, 6.07) is 17.2. The predicted octanol–water partition coefficient (Wildman–Crippen LogP) is 2.23. The highest BCUT2D eigenvalue weighted by molar-refractivity contribution is 7.87. The number of amides is 1. The summed E-state index contributed by atoms with van der Waals surface area (Å²) in [5.74, 6) is 0.325. The second-order valence-corrected chi connectivity index (χ2v) is 10.1. The predicted molar refractivity (Wildman–Crippen MR) is 128 cm³/mol. The molecule has 0 aromatic heterocycles. The minimum Gasteiger partial charge on any atom is -0.496 e. The zero-order valence-corrected chi connectivity index (χ0v) is 20.1. The Morgan fingerprint density at radius 1 is 1.03 bits per heavy atom. The van der Waals surface area contributed by atoms with Gasteiger partial charge in [-0.15, -0.1) is 0 Å². The normalized spacial score (nSPS) is 16.3. The van der Waals surface area contributed by atoms with Crippen LogP contribution in [0.15, 0.2) is 54.6 Å². The van der Waals surface area contributed by atoms with Crippen LogP contribution in [0.25, 0.3) is 0 Å². The molecule has 0 radical (unpaired) electrons. The van der Waals surface area contributed by atoms with E-state index < -0.39 is 10.2 Å². The van der Waals surface area contributed by atoms with E-state index in [0.717, 1.165) is 6.42 Å². The molecule has 1 amide bonds. The number of nitrogens with one attached hydrogen (secondary N) is 2. The number of hydrogen-bond donors (Lipinski definition) is 2. The number of ether oxygens (including phenoxy) is 2. The molecule has 9 heteroatoms. The quantitative estimate of drug-likeness (QED) is 0.486. The summed E-state index contributed by atoms with van der Waals surface area (Å²) in [6.07, 6.45) is 2.03. The van der Waals surface area contributed by atoms with Gasteiger partial charge in [0.1, 0.15) is 5.75 Å². The van der Waals surface area contributed by atoms with Crippen molar-refractivity contribution < 1.29 is 22.7 Å². The molecule has 0 saturated carbocycles. The molecule has 3 rings (SSSR count). The Bertz CT molecular complexity index is 1010. The molecule has 0 unspecified atom stereocenters. The largest absolute Gasteiger partial charge is 0.496 e. The first-order valence-corrected chi connectivity index (χ1v) is 12.5. The molecule has 1 aliphatic rings. The van der Waals surface area contributed by atoms with Crippen LogP contribution in [0, 0.1) is 5.41 Å². The summed E-state index contributed by atoms with van der Waals surface area (Å²) in [6.45, 7) is 1.78. The lowest BCUT2D eigenvalue weighted by Crippen LogP contribution is -2.51. The molecule has 2 N–H and O–H groups in total. The van der Waals surface area contributed by atoms with E-state index in [1.165, 1.54) is 17.0 Å². The molecule has 1 heterocycles. The molecule has 1 saturated heterocycles. The summed E-state index contributed by atoms with van der Waals surface area (Å²) in [5, 5.41) is 3.08. The van der Waals surface area contributed by atoms with Crippen molar-refractivity contribution in [2.75, 3.05) is 47.0 Å². The Hall–Kier alpha value is -2.46. The van der Waals surface area contributed by atoms with Gasteiger partial charge in [0.05, 0.1) is 19.3 Å². The fourth-order valence-corrected chi connectivity index (χ4v) is 5.39. The van der Waals surface area contributed by atoms with Gasteiger partial charge >= 0.3 is 0 Å². The van der Waals surface area contributed by atoms with Crippen LogP contribution in [0.5, 0.6) is 5.75 Å². The maximum absolute atomic E-state index is 12.9. The van der Waals surface area contributed by atoms with E-state index in [1.54, 1.807) is 25.3 Å². The topological polar surface area (TPSA) is 97.0 Å². The van der Waals surface area contributed by atoms with Gasteiger partial charge in [-0.2, -0.15) is 17.4 Å². The number of benzene rings is 2. The molecule has 1 fully saturated rings. The molecule has 0 atom stereocenters. The van der Waals surface area contributed by atoms with Crippen molar-refractivity contribution in [2.24, 2.45) is 5.41 Å². The van der Waals surface area contributed by atoms with Crippen LogP contribution in [-0.4, -0.2) is 65.6 Å². The van der Waals surface area contributed by atoms with Crippen molar-refractivity contribution in [3.05, 3.63) is 65.7 Å². The molecule has 180 valence electrons. The first-order chi connectivity index (χ1) is 15.9. The third kappa shape index (κ3) is 6.77. The SMILES string of the molecule is COCCNS(=O)(=O)N1CCC(CNC(=O)c2ccccc2OC)(Cc2ccccc2)CC1. The molecule has 1 aliphatic heterocycles. The van der Waals surface area contributed by atoms with Gasteiger partial charge in [-0.1, -0.05) is 42.5 Å². The minimum atomic E-state index is -3.56. The zero-order valence-electron chi connectivity index (χ0n) is 19.2. The Morgan fingerprint density at radius 2 is 1.70 bits per heavy atom. The van der Waals surface area contributed by atoms with Gasteiger partial charge in [-0.3, -0.25) is 4.79 Å². The molecule has 0 bridgehead atoms. The number of hydrogen-bond acceptors (Lipinski definition) is 5. The lowest BCUT2D eigenvalue weighted by atomic mass is 9.74. The van der Waals surface area contributed by atoms with E-state index in [4.69, 9.17) is 9.47 Å². The van der Waals surface area contributed by atoms with Crippen LogP contribution < -0.4 is 14.8 Å². The maximum atomic E-state index is 12.9. The Balaban J connectivity index is 1.72. The van der Waals surface area contributed by atoms with Gasteiger partial charge in [-0.05, 0) is 42.4 Å². The number of piperidine rings is 1. The average Bonchev–Trinajstić information content (AvgIpc) is 2.83. The van der Waals surface area contributed by atoms with Crippen LogP contribution in [0.2, 0.25) is 0 Å². The average molecular weight is 476 g/mol. The molecule has 0 aliphatic carbocycles. The van der Waals surface area contributed by atoms with Crippen LogP contribution in [0.3, 0.4) is 0 Å². The van der Waals surface area contributed by atoms with E-state index >= 15 is 0 Å². The number of methoxy groups -OCH3 is 2. The molecular weight excluding hydrogens is 442 g/mol. The second-order valence-electron chi connectivity index (χ2n) is 8.34. The van der Waals surface area contributed by atoms with Gasteiger partial charge in [0.15, 0.2) is 0 Å². The van der Waals surface area contributed by atoms with E-state index in [9.17, 15) is 13.2 Å². The van der Waals surface area contributed by atoms with Crippen molar-refractivity contribution in [2.45, 2.75) is 19.3 Å².